The summed E-state index contributed by atoms with van der Waals surface area (Å²) in [7, 11) is 0. The lowest BCUT2D eigenvalue weighted by Gasteiger charge is -2.65. The molecule has 0 aromatic carbocycles. The Bertz CT molecular complexity index is 382. The molecule has 5 atom stereocenters. The Hall–Kier alpha value is -0.610. The second-order valence-electron chi connectivity index (χ2n) is 6.94. The number of hydrogen-bond acceptors (Lipinski definition) is 4. The van der Waals surface area contributed by atoms with Crippen LogP contribution < -0.4 is 0 Å². The molecular weight excluding hydrogens is 256 g/mol. The molecule has 0 heterocycles. The van der Waals surface area contributed by atoms with Crippen LogP contribution in [0.5, 0.6) is 0 Å². The molecule has 4 nitrogen and oxygen atoms in total. The maximum atomic E-state index is 11.6. The van der Waals surface area contributed by atoms with Gasteiger partial charge in [0.15, 0.2) is 0 Å². The molecule has 0 unspecified atom stereocenters. The third-order valence-corrected chi connectivity index (χ3v) is 5.94. The molecule has 3 aliphatic carbocycles. The van der Waals surface area contributed by atoms with Crippen LogP contribution in [0.25, 0.3) is 0 Å². The van der Waals surface area contributed by atoms with Gasteiger partial charge in [-0.2, -0.15) is 0 Å². The molecule has 0 aromatic heterocycles. The van der Waals surface area contributed by atoms with E-state index in [-0.39, 0.29) is 17.8 Å². The van der Waals surface area contributed by atoms with Crippen LogP contribution in [0.1, 0.15) is 64.7 Å². The Labute approximate surface area is 120 Å². The lowest BCUT2D eigenvalue weighted by Crippen LogP contribution is -2.78. The van der Waals surface area contributed by atoms with Crippen molar-refractivity contribution in [2.45, 2.75) is 82.0 Å². The third-order valence-electron chi connectivity index (χ3n) is 5.94. The van der Waals surface area contributed by atoms with Gasteiger partial charge in [0.2, 0.25) is 0 Å². The fourth-order valence-corrected chi connectivity index (χ4v) is 5.24. The van der Waals surface area contributed by atoms with Gasteiger partial charge in [-0.25, -0.2) is 0 Å². The highest BCUT2D eigenvalue weighted by atomic mass is 16.6. The molecule has 0 spiro atoms. The van der Waals surface area contributed by atoms with Gasteiger partial charge in [-0.05, 0) is 32.1 Å². The van der Waals surface area contributed by atoms with E-state index in [2.05, 4.69) is 0 Å². The first-order valence-electron chi connectivity index (χ1n) is 8.12. The standard InChI is InChI=1S/C16H26O4/c1-11(17)20-15-10-6-2-3-7-12(15)16(19)13(15)8-4-5-9-14(16)18/h12-14,18-19H,2-10H2,1H3/t12-,13-,14+,15-,16-/m0/s1. The zero-order valence-corrected chi connectivity index (χ0v) is 12.3. The van der Waals surface area contributed by atoms with Gasteiger partial charge in [-0.15, -0.1) is 0 Å². The van der Waals surface area contributed by atoms with Crippen LogP contribution in [0.2, 0.25) is 0 Å². The number of ether oxygens (including phenoxy) is 1. The van der Waals surface area contributed by atoms with Gasteiger partial charge in [0, 0.05) is 18.8 Å². The monoisotopic (exact) mass is 282 g/mol. The Morgan fingerprint density at radius 1 is 1.05 bits per heavy atom. The smallest absolute Gasteiger partial charge is 0.303 e. The molecule has 20 heavy (non-hydrogen) atoms. The highest BCUT2D eigenvalue weighted by molar-refractivity contribution is 5.67. The minimum atomic E-state index is -1.03. The zero-order valence-electron chi connectivity index (χ0n) is 12.3. The molecule has 0 saturated heterocycles. The fourth-order valence-electron chi connectivity index (χ4n) is 5.24. The Morgan fingerprint density at radius 2 is 1.65 bits per heavy atom. The summed E-state index contributed by atoms with van der Waals surface area (Å²) in [5.74, 6) is -0.420. The molecular formula is C16H26O4. The van der Waals surface area contributed by atoms with E-state index in [1.54, 1.807) is 0 Å². The zero-order chi connectivity index (χ0) is 14.4. The van der Waals surface area contributed by atoms with Crippen LogP contribution in [0, 0.1) is 11.8 Å². The second-order valence-corrected chi connectivity index (χ2v) is 6.94. The molecule has 3 aliphatic rings. The highest BCUT2D eigenvalue weighted by Gasteiger charge is 2.74. The summed E-state index contributed by atoms with van der Waals surface area (Å²) in [4.78, 5) is 11.6. The van der Waals surface area contributed by atoms with Crippen molar-refractivity contribution in [1.29, 1.82) is 0 Å². The largest absolute Gasteiger partial charge is 0.458 e. The molecule has 0 aromatic rings. The molecule has 0 radical (unpaired) electrons. The van der Waals surface area contributed by atoms with E-state index >= 15 is 0 Å². The van der Waals surface area contributed by atoms with E-state index < -0.39 is 17.3 Å². The van der Waals surface area contributed by atoms with Crippen LogP contribution >= 0.6 is 0 Å². The normalized spacial score (nSPS) is 48.0. The first-order chi connectivity index (χ1) is 9.52. The summed E-state index contributed by atoms with van der Waals surface area (Å²) in [6.07, 6.45) is 7.73. The first-order valence-corrected chi connectivity index (χ1v) is 8.12. The number of fused-ring (bicyclic) bond motifs is 4. The van der Waals surface area contributed by atoms with Crippen molar-refractivity contribution >= 4 is 5.97 Å². The second kappa shape index (κ2) is 4.99. The minimum Gasteiger partial charge on any atom is -0.458 e. The number of carbonyl (C=O) groups is 1. The van der Waals surface area contributed by atoms with Crippen molar-refractivity contribution in [3.05, 3.63) is 0 Å². The number of carbonyl (C=O) groups excluding carboxylic acids is 1. The average molecular weight is 282 g/mol. The van der Waals surface area contributed by atoms with Crippen molar-refractivity contribution in [3.8, 4) is 0 Å². The third kappa shape index (κ3) is 1.84. The van der Waals surface area contributed by atoms with E-state index in [1.165, 1.54) is 6.92 Å². The molecule has 0 bridgehead atoms. The highest BCUT2D eigenvalue weighted by Crippen LogP contribution is 2.64. The molecule has 114 valence electrons. The topological polar surface area (TPSA) is 66.8 Å². The summed E-state index contributed by atoms with van der Waals surface area (Å²) in [5, 5.41) is 21.6. The predicted molar refractivity (Wildman–Crippen MR) is 74.0 cm³/mol. The summed E-state index contributed by atoms with van der Waals surface area (Å²) < 4.78 is 5.79. The van der Waals surface area contributed by atoms with E-state index in [9.17, 15) is 15.0 Å². The number of aliphatic hydroxyl groups excluding tert-OH is 1. The van der Waals surface area contributed by atoms with Crippen molar-refractivity contribution in [2.24, 2.45) is 11.8 Å². The van der Waals surface area contributed by atoms with Crippen LogP contribution in [0.15, 0.2) is 0 Å². The molecule has 3 saturated carbocycles. The van der Waals surface area contributed by atoms with Crippen LogP contribution in [-0.2, 0) is 9.53 Å². The summed E-state index contributed by atoms with van der Waals surface area (Å²) >= 11 is 0. The number of hydrogen-bond donors (Lipinski definition) is 2. The van der Waals surface area contributed by atoms with Crippen molar-refractivity contribution < 1.29 is 19.7 Å². The van der Waals surface area contributed by atoms with Gasteiger partial charge in [0.05, 0.1) is 6.10 Å². The molecule has 4 heteroatoms. The van der Waals surface area contributed by atoms with Crippen LogP contribution in [0.3, 0.4) is 0 Å². The number of esters is 1. The van der Waals surface area contributed by atoms with Gasteiger partial charge < -0.3 is 14.9 Å². The maximum Gasteiger partial charge on any atom is 0.303 e. The minimum absolute atomic E-state index is 0.0838. The predicted octanol–water partition coefficient (Wildman–Crippen LogP) is 2.16. The Kier molecular flexibility index (Phi) is 3.57. The number of rotatable bonds is 1. The summed E-state index contributed by atoms with van der Waals surface area (Å²) in [6, 6.07) is 0. The quantitative estimate of drug-likeness (QED) is 0.723. The van der Waals surface area contributed by atoms with E-state index in [0.717, 1.165) is 51.4 Å². The van der Waals surface area contributed by atoms with E-state index in [4.69, 9.17) is 4.74 Å². The van der Waals surface area contributed by atoms with Gasteiger partial charge in [0.25, 0.3) is 0 Å². The van der Waals surface area contributed by atoms with E-state index in [0.29, 0.717) is 6.42 Å². The summed E-state index contributed by atoms with van der Waals surface area (Å²) in [6.45, 7) is 1.46. The fraction of sp³-hybridized carbons (Fsp3) is 0.938. The lowest BCUT2D eigenvalue weighted by molar-refractivity contribution is -0.324. The van der Waals surface area contributed by atoms with Gasteiger partial charge in [-0.3, -0.25) is 4.79 Å². The maximum absolute atomic E-state index is 11.6. The molecule has 0 aliphatic heterocycles. The lowest BCUT2D eigenvalue weighted by atomic mass is 9.46. The Balaban J connectivity index is 1.97. The SMILES string of the molecule is CC(=O)O[C@@]12CCCCC[C@@H]1[C@@]1(O)[C@H](O)CCCC[C@@H]21. The molecule has 2 N–H and O–H groups in total. The molecule has 3 rings (SSSR count). The Morgan fingerprint density at radius 3 is 2.30 bits per heavy atom. The van der Waals surface area contributed by atoms with Gasteiger partial charge >= 0.3 is 5.97 Å². The number of aliphatic hydroxyl groups is 2. The van der Waals surface area contributed by atoms with Crippen LogP contribution in [0.4, 0.5) is 0 Å². The average Bonchev–Trinajstić information content (AvgIpc) is 2.64. The molecule has 0 amide bonds. The first kappa shape index (κ1) is 14.3. The molecule has 3 fully saturated rings. The van der Waals surface area contributed by atoms with Gasteiger partial charge in [0.1, 0.15) is 11.2 Å². The van der Waals surface area contributed by atoms with Crippen molar-refractivity contribution in [2.75, 3.05) is 0 Å². The van der Waals surface area contributed by atoms with E-state index in [1.807, 2.05) is 0 Å². The van der Waals surface area contributed by atoms with Crippen LogP contribution in [-0.4, -0.2) is 33.5 Å². The van der Waals surface area contributed by atoms with Gasteiger partial charge in [-0.1, -0.05) is 25.7 Å². The summed E-state index contributed by atoms with van der Waals surface area (Å²) in [5.41, 5.74) is -1.54. The van der Waals surface area contributed by atoms with Crippen molar-refractivity contribution in [3.63, 3.8) is 0 Å². The van der Waals surface area contributed by atoms with Crippen molar-refractivity contribution in [1.82, 2.24) is 0 Å².